The van der Waals surface area contributed by atoms with Crippen LogP contribution in [0.5, 0.6) is 0 Å². The maximum atomic E-state index is 12.4. The second kappa shape index (κ2) is 9.80. The number of benzene rings is 1. The summed E-state index contributed by atoms with van der Waals surface area (Å²) in [6, 6.07) is 5.02. The fraction of sp³-hybridized carbons (Fsp3) is 0.583. The van der Waals surface area contributed by atoms with E-state index in [0.29, 0.717) is 25.2 Å². The highest BCUT2D eigenvalue weighted by molar-refractivity contribution is 6.04. The van der Waals surface area contributed by atoms with Gasteiger partial charge >= 0.3 is 6.09 Å². The number of imide groups is 1. The molecule has 2 fully saturated rings. The van der Waals surface area contributed by atoms with Gasteiger partial charge in [-0.2, -0.15) is 0 Å². The number of hydrogen-bond acceptors (Lipinski definition) is 6. The predicted molar refractivity (Wildman–Crippen MR) is 125 cm³/mol. The number of anilines is 2. The maximum Gasteiger partial charge on any atom is 0.410 e. The van der Waals surface area contributed by atoms with Crippen molar-refractivity contribution in [2.75, 3.05) is 37.0 Å². The molecule has 33 heavy (non-hydrogen) atoms. The fourth-order valence-corrected chi connectivity index (χ4v) is 4.52. The third-order valence-electron chi connectivity index (χ3n) is 6.02. The molecular weight excluding hydrogens is 424 g/mol. The maximum absolute atomic E-state index is 12.4. The van der Waals surface area contributed by atoms with Crippen LogP contribution in [-0.2, 0) is 19.1 Å². The van der Waals surface area contributed by atoms with Gasteiger partial charge in [0.25, 0.3) is 0 Å². The van der Waals surface area contributed by atoms with Gasteiger partial charge in [0.15, 0.2) is 0 Å². The summed E-state index contributed by atoms with van der Waals surface area (Å²) in [5, 5.41) is 2.33. The molecule has 180 valence electrons. The molecule has 1 aromatic carbocycles. The van der Waals surface area contributed by atoms with Crippen LogP contribution in [0.3, 0.4) is 0 Å². The summed E-state index contributed by atoms with van der Waals surface area (Å²) in [4.78, 5) is 53.7. The molecule has 0 aromatic heterocycles. The van der Waals surface area contributed by atoms with Crippen molar-refractivity contribution >= 4 is 35.7 Å². The van der Waals surface area contributed by atoms with Crippen molar-refractivity contribution in [1.82, 2.24) is 10.2 Å². The Morgan fingerprint density at radius 2 is 1.82 bits per heavy atom. The molecule has 0 bridgehead atoms. The number of nitrogens with one attached hydrogen (secondary N) is 1. The van der Waals surface area contributed by atoms with Crippen molar-refractivity contribution in [1.29, 1.82) is 0 Å². The number of piperidine rings is 2. The Kier molecular flexibility index (Phi) is 7.29. The van der Waals surface area contributed by atoms with Crippen LogP contribution < -0.4 is 15.1 Å². The van der Waals surface area contributed by atoms with Crippen LogP contribution in [0.15, 0.2) is 18.2 Å². The lowest BCUT2D eigenvalue weighted by Gasteiger charge is -2.37. The Morgan fingerprint density at radius 1 is 1.15 bits per heavy atom. The van der Waals surface area contributed by atoms with E-state index in [2.05, 4.69) is 5.32 Å². The summed E-state index contributed by atoms with van der Waals surface area (Å²) in [5.74, 6) is -0.587. The summed E-state index contributed by atoms with van der Waals surface area (Å²) < 4.78 is 5.50. The average molecular weight is 459 g/mol. The number of ether oxygens (including phenoxy) is 1. The molecule has 0 radical (unpaired) electrons. The Morgan fingerprint density at radius 3 is 2.36 bits per heavy atom. The van der Waals surface area contributed by atoms with Gasteiger partial charge in [-0.25, -0.2) is 4.79 Å². The van der Waals surface area contributed by atoms with E-state index in [4.69, 9.17) is 4.74 Å². The SMILES string of the molecule is CN(C)c1c(C2CCN(C(=O)OC(C)(C)C)CC2)cccc1N(C=O)C1CCC(=O)NC1=O. The molecule has 2 aliphatic rings. The summed E-state index contributed by atoms with van der Waals surface area (Å²) in [5.41, 5.74) is 2.04. The van der Waals surface area contributed by atoms with E-state index in [1.165, 1.54) is 4.90 Å². The minimum atomic E-state index is -0.733. The first-order valence-corrected chi connectivity index (χ1v) is 11.4. The molecule has 2 saturated heterocycles. The molecule has 3 rings (SSSR count). The second-order valence-corrected chi connectivity index (χ2v) is 9.83. The lowest BCUT2D eigenvalue weighted by molar-refractivity contribution is -0.134. The standard InChI is InChI=1S/C24H34N4O5/c1-24(2,3)33-23(32)27-13-11-16(12-14-27)17-7-6-8-18(21(17)26(4)5)28(15-29)19-9-10-20(30)25-22(19)31/h6-8,15-16,19H,9-14H2,1-5H3,(H,25,30,31). The topological polar surface area (TPSA) is 99.3 Å². The third kappa shape index (κ3) is 5.64. The van der Waals surface area contributed by atoms with Gasteiger partial charge in [0, 0.05) is 33.6 Å². The smallest absolute Gasteiger partial charge is 0.410 e. The molecule has 9 heteroatoms. The molecule has 2 aliphatic heterocycles. The van der Waals surface area contributed by atoms with E-state index in [-0.39, 0.29) is 30.8 Å². The zero-order chi connectivity index (χ0) is 24.3. The lowest BCUT2D eigenvalue weighted by Crippen LogP contribution is -2.52. The minimum absolute atomic E-state index is 0.191. The van der Waals surface area contributed by atoms with Gasteiger partial charge in [-0.05, 0) is 57.6 Å². The van der Waals surface area contributed by atoms with E-state index in [0.717, 1.165) is 24.1 Å². The zero-order valence-corrected chi connectivity index (χ0v) is 20.1. The molecule has 1 atom stereocenters. The Bertz CT molecular complexity index is 916. The van der Waals surface area contributed by atoms with Crippen molar-refractivity contribution in [2.24, 2.45) is 0 Å². The fourth-order valence-electron chi connectivity index (χ4n) is 4.52. The van der Waals surface area contributed by atoms with Gasteiger partial charge in [-0.15, -0.1) is 0 Å². The molecule has 1 unspecified atom stereocenters. The van der Waals surface area contributed by atoms with Crippen LogP contribution in [0.4, 0.5) is 16.2 Å². The van der Waals surface area contributed by atoms with Gasteiger partial charge in [0.05, 0.1) is 11.4 Å². The summed E-state index contributed by atoms with van der Waals surface area (Å²) in [6.07, 6.45) is 2.38. The highest BCUT2D eigenvalue weighted by atomic mass is 16.6. The Labute approximate surface area is 195 Å². The molecule has 0 aliphatic carbocycles. The number of carbonyl (C=O) groups excluding carboxylic acids is 4. The van der Waals surface area contributed by atoms with E-state index < -0.39 is 17.6 Å². The molecule has 0 spiro atoms. The summed E-state index contributed by atoms with van der Waals surface area (Å²) >= 11 is 0. The summed E-state index contributed by atoms with van der Waals surface area (Å²) in [7, 11) is 3.82. The van der Waals surface area contributed by atoms with E-state index in [1.54, 1.807) is 4.90 Å². The van der Waals surface area contributed by atoms with Crippen LogP contribution >= 0.6 is 0 Å². The molecule has 1 aromatic rings. The quantitative estimate of drug-likeness (QED) is 0.538. The zero-order valence-electron chi connectivity index (χ0n) is 20.1. The normalized spacial score (nSPS) is 19.7. The first kappa shape index (κ1) is 24.5. The van der Waals surface area contributed by atoms with Crippen LogP contribution in [0, 0.1) is 0 Å². The minimum Gasteiger partial charge on any atom is -0.444 e. The van der Waals surface area contributed by atoms with Gasteiger partial charge in [0.2, 0.25) is 18.2 Å². The molecule has 9 nitrogen and oxygen atoms in total. The Hall–Kier alpha value is -3.10. The largest absolute Gasteiger partial charge is 0.444 e. The first-order valence-electron chi connectivity index (χ1n) is 11.4. The third-order valence-corrected chi connectivity index (χ3v) is 6.02. The Balaban J connectivity index is 1.84. The molecule has 4 amide bonds. The van der Waals surface area contributed by atoms with Crippen molar-refractivity contribution in [3.05, 3.63) is 23.8 Å². The second-order valence-electron chi connectivity index (χ2n) is 9.83. The van der Waals surface area contributed by atoms with Gasteiger partial charge in [0.1, 0.15) is 11.6 Å². The van der Waals surface area contributed by atoms with Crippen molar-refractivity contribution in [2.45, 2.75) is 64.0 Å². The van der Waals surface area contributed by atoms with E-state index >= 15 is 0 Å². The van der Waals surface area contributed by atoms with Crippen LogP contribution in [0.25, 0.3) is 0 Å². The first-order chi connectivity index (χ1) is 15.5. The van der Waals surface area contributed by atoms with Crippen molar-refractivity contribution < 1.29 is 23.9 Å². The number of amides is 4. The van der Waals surface area contributed by atoms with Gasteiger partial charge in [-0.3, -0.25) is 19.7 Å². The van der Waals surface area contributed by atoms with Crippen LogP contribution in [-0.4, -0.2) is 68.0 Å². The molecular formula is C24H34N4O5. The number of carbonyl (C=O) groups is 4. The number of para-hydroxylation sites is 1. The molecule has 1 N–H and O–H groups in total. The average Bonchev–Trinajstić information content (AvgIpc) is 2.74. The van der Waals surface area contributed by atoms with E-state index in [9.17, 15) is 19.2 Å². The lowest BCUT2D eigenvalue weighted by atomic mass is 9.87. The highest BCUT2D eigenvalue weighted by Crippen LogP contribution is 2.41. The number of rotatable bonds is 5. The van der Waals surface area contributed by atoms with Crippen molar-refractivity contribution in [3.63, 3.8) is 0 Å². The van der Waals surface area contributed by atoms with Crippen LogP contribution in [0.2, 0.25) is 0 Å². The highest BCUT2D eigenvalue weighted by Gasteiger charge is 2.35. The number of hydrogen-bond donors (Lipinski definition) is 1. The molecule has 0 saturated carbocycles. The monoisotopic (exact) mass is 458 g/mol. The predicted octanol–water partition coefficient (Wildman–Crippen LogP) is 2.64. The molecule has 2 heterocycles. The number of likely N-dealkylation sites (tertiary alicyclic amines) is 1. The summed E-state index contributed by atoms with van der Waals surface area (Å²) in [6.45, 7) is 6.73. The van der Waals surface area contributed by atoms with Crippen molar-refractivity contribution in [3.8, 4) is 0 Å². The van der Waals surface area contributed by atoms with Gasteiger partial charge in [-0.1, -0.05) is 12.1 Å². The van der Waals surface area contributed by atoms with E-state index in [1.807, 2.05) is 58.0 Å². The number of nitrogens with zero attached hydrogens (tertiary/aromatic N) is 3. The van der Waals surface area contributed by atoms with Crippen LogP contribution in [0.1, 0.15) is 57.9 Å². The van der Waals surface area contributed by atoms with Gasteiger partial charge < -0.3 is 19.4 Å².